The molecule has 0 atom stereocenters. The summed E-state index contributed by atoms with van der Waals surface area (Å²) >= 11 is 0. The molecule has 0 saturated heterocycles. The van der Waals surface area contributed by atoms with Crippen LogP contribution in [0.1, 0.15) is 5.56 Å². The number of hydrogen-bond donors (Lipinski definition) is 1. The van der Waals surface area contributed by atoms with Crippen LogP contribution >= 0.6 is 0 Å². The van der Waals surface area contributed by atoms with E-state index in [0.29, 0.717) is 5.69 Å². The highest BCUT2D eigenvalue weighted by molar-refractivity contribution is 6.02. The third-order valence-corrected chi connectivity index (χ3v) is 3.62. The van der Waals surface area contributed by atoms with Crippen LogP contribution in [0.3, 0.4) is 0 Å². The monoisotopic (exact) mass is 321 g/mol. The van der Waals surface area contributed by atoms with Crippen LogP contribution in [0.25, 0.3) is 10.8 Å². The van der Waals surface area contributed by atoms with E-state index in [4.69, 9.17) is 4.74 Å². The van der Waals surface area contributed by atoms with Gasteiger partial charge in [-0.2, -0.15) is 5.10 Å². The number of nitro groups is 1. The summed E-state index contributed by atoms with van der Waals surface area (Å²) in [5.41, 5.74) is 4.44. The normalized spacial score (nSPS) is 10.9. The fraction of sp³-hybridized carbons (Fsp3) is 0.0556. The Morgan fingerprint density at radius 3 is 2.54 bits per heavy atom. The van der Waals surface area contributed by atoms with Crippen LogP contribution in [0.2, 0.25) is 0 Å². The minimum Gasteiger partial charge on any atom is -0.496 e. The molecule has 24 heavy (non-hydrogen) atoms. The van der Waals surface area contributed by atoms with Crippen molar-refractivity contribution < 1.29 is 9.66 Å². The average Bonchev–Trinajstić information content (AvgIpc) is 2.62. The Kier molecular flexibility index (Phi) is 4.38. The van der Waals surface area contributed by atoms with Crippen LogP contribution in [0, 0.1) is 10.1 Å². The number of rotatable bonds is 5. The molecule has 0 saturated carbocycles. The minimum absolute atomic E-state index is 0.0419. The molecule has 0 heterocycles. The van der Waals surface area contributed by atoms with E-state index in [1.54, 1.807) is 25.5 Å². The molecule has 3 aromatic carbocycles. The summed E-state index contributed by atoms with van der Waals surface area (Å²) in [5, 5.41) is 17.0. The van der Waals surface area contributed by atoms with E-state index in [0.717, 1.165) is 22.1 Å². The molecule has 0 radical (unpaired) electrons. The fourth-order valence-corrected chi connectivity index (χ4v) is 2.42. The first-order valence-corrected chi connectivity index (χ1v) is 7.28. The molecular formula is C18H15N3O3. The van der Waals surface area contributed by atoms with Gasteiger partial charge in [-0.3, -0.25) is 15.5 Å². The SMILES string of the molecule is COc1ccc2ccccc2c1/C=N\Nc1ccc([N+](=O)[O-])cc1. The molecule has 120 valence electrons. The lowest BCUT2D eigenvalue weighted by Crippen LogP contribution is -1.95. The third-order valence-electron chi connectivity index (χ3n) is 3.62. The number of hydrazone groups is 1. The number of nitrogens with zero attached hydrogens (tertiary/aromatic N) is 2. The van der Waals surface area contributed by atoms with E-state index >= 15 is 0 Å². The van der Waals surface area contributed by atoms with Gasteiger partial charge in [0.2, 0.25) is 0 Å². The second-order valence-electron chi connectivity index (χ2n) is 5.08. The van der Waals surface area contributed by atoms with Crippen LogP contribution in [0.5, 0.6) is 5.75 Å². The van der Waals surface area contributed by atoms with Gasteiger partial charge in [0.15, 0.2) is 0 Å². The van der Waals surface area contributed by atoms with E-state index in [1.165, 1.54) is 12.1 Å². The lowest BCUT2D eigenvalue weighted by atomic mass is 10.0. The molecule has 1 N–H and O–H groups in total. The predicted octanol–water partition coefficient (Wildman–Crippen LogP) is 4.20. The lowest BCUT2D eigenvalue weighted by Gasteiger charge is -2.08. The Labute approximate surface area is 138 Å². The third kappa shape index (κ3) is 3.17. The average molecular weight is 321 g/mol. The number of hydrogen-bond acceptors (Lipinski definition) is 5. The van der Waals surface area contributed by atoms with Crippen molar-refractivity contribution >= 4 is 28.4 Å². The molecule has 0 bridgehead atoms. The summed E-state index contributed by atoms with van der Waals surface area (Å²) in [6.45, 7) is 0. The van der Waals surface area contributed by atoms with E-state index in [2.05, 4.69) is 10.5 Å². The zero-order chi connectivity index (χ0) is 16.9. The summed E-state index contributed by atoms with van der Waals surface area (Å²) < 4.78 is 5.40. The number of non-ortho nitro benzene ring substituents is 1. The Bertz CT molecular complexity index is 905. The summed E-state index contributed by atoms with van der Waals surface area (Å²) in [6, 6.07) is 17.9. The molecule has 0 unspecified atom stereocenters. The predicted molar refractivity (Wildman–Crippen MR) is 94.8 cm³/mol. The van der Waals surface area contributed by atoms with Crippen molar-refractivity contribution in [1.82, 2.24) is 0 Å². The van der Waals surface area contributed by atoms with Gasteiger partial charge in [0.05, 0.1) is 23.9 Å². The number of methoxy groups -OCH3 is 1. The zero-order valence-corrected chi connectivity index (χ0v) is 13.0. The van der Waals surface area contributed by atoms with Crippen molar-refractivity contribution in [3.63, 3.8) is 0 Å². The van der Waals surface area contributed by atoms with Crippen molar-refractivity contribution in [3.8, 4) is 5.75 Å². The molecule has 0 aliphatic carbocycles. The van der Waals surface area contributed by atoms with Gasteiger partial charge in [-0.25, -0.2) is 0 Å². The molecule has 6 nitrogen and oxygen atoms in total. The highest BCUT2D eigenvalue weighted by Gasteiger charge is 2.06. The number of fused-ring (bicyclic) bond motifs is 1. The maximum atomic E-state index is 10.6. The van der Waals surface area contributed by atoms with Crippen molar-refractivity contribution in [1.29, 1.82) is 0 Å². The van der Waals surface area contributed by atoms with Gasteiger partial charge in [0.1, 0.15) is 5.75 Å². The molecule has 0 fully saturated rings. The van der Waals surface area contributed by atoms with Crippen molar-refractivity contribution in [3.05, 3.63) is 76.3 Å². The molecule has 3 aromatic rings. The van der Waals surface area contributed by atoms with E-state index < -0.39 is 4.92 Å². The van der Waals surface area contributed by atoms with Crippen LogP contribution < -0.4 is 10.2 Å². The van der Waals surface area contributed by atoms with Crippen LogP contribution in [0.15, 0.2) is 65.8 Å². The fourth-order valence-electron chi connectivity index (χ4n) is 2.42. The second-order valence-corrected chi connectivity index (χ2v) is 5.08. The van der Waals surface area contributed by atoms with Crippen LogP contribution in [-0.2, 0) is 0 Å². The molecule has 0 spiro atoms. The first kappa shape index (κ1) is 15.5. The molecule has 3 rings (SSSR count). The quantitative estimate of drug-likeness (QED) is 0.434. The molecule has 6 heteroatoms. The van der Waals surface area contributed by atoms with Gasteiger partial charge < -0.3 is 4.74 Å². The Hall–Kier alpha value is -3.41. The van der Waals surface area contributed by atoms with Crippen molar-refractivity contribution in [2.75, 3.05) is 12.5 Å². The molecule has 0 aromatic heterocycles. The highest BCUT2D eigenvalue weighted by Crippen LogP contribution is 2.26. The number of benzene rings is 3. The van der Waals surface area contributed by atoms with Crippen molar-refractivity contribution in [2.45, 2.75) is 0 Å². The number of anilines is 1. The molecular weight excluding hydrogens is 306 g/mol. The number of nitro benzene ring substituents is 1. The Morgan fingerprint density at radius 1 is 1.08 bits per heavy atom. The Balaban J connectivity index is 1.86. The first-order valence-electron chi connectivity index (χ1n) is 7.28. The van der Waals surface area contributed by atoms with Gasteiger partial charge in [-0.1, -0.05) is 30.3 Å². The number of ether oxygens (including phenoxy) is 1. The summed E-state index contributed by atoms with van der Waals surface area (Å²) in [6.07, 6.45) is 1.68. The first-order chi connectivity index (χ1) is 11.7. The topological polar surface area (TPSA) is 76.8 Å². The maximum Gasteiger partial charge on any atom is 0.269 e. The summed E-state index contributed by atoms with van der Waals surface area (Å²) in [7, 11) is 1.62. The Morgan fingerprint density at radius 2 is 1.83 bits per heavy atom. The van der Waals surface area contributed by atoms with Crippen LogP contribution in [-0.4, -0.2) is 18.2 Å². The van der Waals surface area contributed by atoms with E-state index in [9.17, 15) is 10.1 Å². The summed E-state index contributed by atoms with van der Waals surface area (Å²) in [5.74, 6) is 0.725. The minimum atomic E-state index is -0.436. The lowest BCUT2D eigenvalue weighted by molar-refractivity contribution is -0.384. The molecule has 0 amide bonds. The summed E-state index contributed by atoms with van der Waals surface area (Å²) in [4.78, 5) is 10.2. The van der Waals surface area contributed by atoms with Gasteiger partial charge in [0, 0.05) is 17.7 Å². The highest BCUT2D eigenvalue weighted by atomic mass is 16.6. The van der Waals surface area contributed by atoms with Gasteiger partial charge in [-0.05, 0) is 29.0 Å². The second kappa shape index (κ2) is 6.78. The van der Waals surface area contributed by atoms with E-state index in [-0.39, 0.29) is 5.69 Å². The van der Waals surface area contributed by atoms with Gasteiger partial charge >= 0.3 is 0 Å². The molecule has 0 aliphatic rings. The zero-order valence-electron chi connectivity index (χ0n) is 13.0. The standard InChI is InChI=1S/C18H15N3O3/c1-24-18-11-6-13-4-2-3-5-16(13)17(18)12-19-20-14-7-9-15(10-8-14)21(22)23/h2-12,20H,1H3/b19-12-. The van der Waals surface area contributed by atoms with Gasteiger partial charge in [0.25, 0.3) is 5.69 Å². The maximum absolute atomic E-state index is 10.6. The van der Waals surface area contributed by atoms with Gasteiger partial charge in [-0.15, -0.1) is 0 Å². The van der Waals surface area contributed by atoms with Crippen LogP contribution in [0.4, 0.5) is 11.4 Å². The number of nitrogens with one attached hydrogen (secondary N) is 1. The largest absolute Gasteiger partial charge is 0.496 e. The smallest absolute Gasteiger partial charge is 0.269 e. The van der Waals surface area contributed by atoms with E-state index in [1.807, 2.05) is 36.4 Å². The molecule has 0 aliphatic heterocycles. The van der Waals surface area contributed by atoms with Crippen molar-refractivity contribution in [2.24, 2.45) is 5.10 Å².